The molecule has 0 aliphatic carbocycles. The number of aliphatic hydroxyl groups is 3. The van der Waals surface area contributed by atoms with Crippen molar-refractivity contribution in [1.82, 2.24) is 0 Å². The Hall–Kier alpha value is -1.31. The van der Waals surface area contributed by atoms with E-state index in [0.29, 0.717) is 0 Å². The third kappa shape index (κ3) is 4.96. The van der Waals surface area contributed by atoms with E-state index in [1.807, 2.05) is 0 Å². The third-order valence-electron chi connectivity index (χ3n) is 1.97. The number of Topliss-reactive ketones (excluding diaryl/α,β-unsaturated/α-hetero) is 2. The summed E-state index contributed by atoms with van der Waals surface area (Å²) < 4.78 is 0. The molecule has 0 aromatic rings. The highest BCUT2D eigenvalue weighted by Gasteiger charge is 2.25. The van der Waals surface area contributed by atoms with Gasteiger partial charge in [-0.2, -0.15) is 0 Å². The van der Waals surface area contributed by atoms with Crippen LogP contribution in [-0.2, 0) is 14.4 Å². The highest BCUT2D eigenvalue weighted by Crippen LogP contribution is 2.06. The number of carbonyl (C=O) groups is 3. The first-order valence-corrected chi connectivity index (χ1v) is 4.58. The van der Waals surface area contributed by atoms with Crippen LogP contribution in [0.1, 0.15) is 19.8 Å². The van der Waals surface area contributed by atoms with Gasteiger partial charge in [0.2, 0.25) is 5.78 Å². The highest BCUT2D eigenvalue weighted by molar-refractivity contribution is 6.36. The summed E-state index contributed by atoms with van der Waals surface area (Å²) in [5.41, 5.74) is 0. The first-order chi connectivity index (χ1) is 7.25. The summed E-state index contributed by atoms with van der Waals surface area (Å²) >= 11 is 0. The molecule has 0 aromatic carbocycles. The largest absolute Gasteiger partial charge is 0.475 e. The first kappa shape index (κ1) is 14.7. The lowest BCUT2D eigenvalue weighted by molar-refractivity contribution is -0.151. The van der Waals surface area contributed by atoms with Gasteiger partial charge in [-0.05, 0) is 6.92 Å². The number of rotatable bonds is 7. The minimum Gasteiger partial charge on any atom is -0.475 e. The predicted octanol–water partition coefficient (Wildman–Crippen LogP) is -1.91. The second-order valence-corrected chi connectivity index (χ2v) is 3.43. The van der Waals surface area contributed by atoms with E-state index in [2.05, 4.69) is 0 Å². The second kappa shape index (κ2) is 6.31. The van der Waals surface area contributed by atoms with Gasteiger partial charge in [0.05, 0.1) is 18.6 Å². The Balaban J connectivity index is 4.19. The summed E-state index contributed by atoms with van der Waals surface area (Å²) in [6, 6.07) is 0. The Bertz CT molecular complexity index is 284. The lowest BCUT2D eigenvalue weighted by atomic mass is 10.0. The van der Waals surface area contributed by atoms with E-state index >= 15 is 0 Å². The fourth-order valence-corrected chi connectivity index (χ4v) is 0.909. The van der Waals surface area contributed by atoms with Crippen molar-refractivity contribution in [1.29, 1.82) is 0 Å². The van der Waals surface area contributed by atoms with E-state index in [-0.39, 0.29) is 0 Å². The van der Waals surface area contributed by atoms with Crippen LogP contribution >= 0.6 is 0 Å². The van der Waals surface area contributed by atoms with Crippen LogP contribution in [-0.4, -0.2) is 56.3 Å². The summed E-state index contributed by atoms with van der Waals surface area (Å²) in [5.74, 6) is -4.07. The molecular weight excluding hydrogens is 220 g/mol. The van der Waals surface area contributed by atoms with Crippen molar-refractivity contribution >= 4 is 17.5 Å². The molecule has 0 aromatic heterocycles. The van der Waals surface area contributed by atoms with Gasteiger partial charge in [0.25, 0.3) is 0 Å². The van der Waals surface area contributed by atoms with Crippen LogP contribution in [0.25, 0.3) is 0 Å². The van der Waals surface area contributed by atoms with Gasteiger partial charge in [-0.25, -0.2) is 4.79 Å². The van der Waals surface area contributed by atoms with Crippen molar-refractivity contribution in [2.75, 3.05) is 0 Å². The minimum absolute atomic E-state index is 0.441. The summed E-state index contributed by atoms with van der Waals surface area (Å²) in [4.78, 5) is 31.8. The second-order valence-electron chi connectivity index (χ2n) is 3.43. The Kier molecular flexibility index (Phi) is 5.79. The maximum Gasteiger partial charge on any atom is 0.372 e. The summed E-state index contributed by atoms with van der Waals surface area (Å²) in [5, 5.41) is 35.4. The van der Waals surface area contributed by atoms with Gasteiger partial charge in [0.15, 0.2) is 5.78 Å². The van der Waals surface area contributed by atoms with E-state index in [1.165, 1.54) is 6.92 Å². The van der Waals surface area contributed by atoms with Crippen LogP contribution in [0, 0.1) is 0 Å². The minimum atomic E-state index is -1.75. The van der Waals surface area contributed by atoms with Crippen molar-refractivity contribution in [2.24, 2.45) is 0 Å². The van der Waals surface area contributed by atoms with Crippen molar-refractivity contribution in [3.05, 3.63) is 0 Å². The van der Waals surface area contributed by atoms with E-state index in [0.717, 1.165) is 0 Å². The molecule has 3 atom stereocenters. The topological polar surface area (TPSA) is 132 Å². The van der Waals surface area contributed by atoms with Crippen LogP contribution in [0.2, 0.25) is 0 Å². The summed E-state index contributed by atoms with van der Waals surface area (Å²) in [6.45, 7) is 1.27. The Morgan fingerprint density at radius 1 is 1.12 bits per heavy atom. The molecule has 92 valence electrons. The average Bonchev–Trinajstić information content (AvgIpc) is 2.16. The molecule has 7 nitrogen and oxygen atoms in total. The zero-order valence-corrected chi connectivity index (χ0v) is 8.66. The molecule has 0 fully saturated rings. The maximum atomic E-state index is 11.1. The lowest BCUT2D eigenvalue weighted by Crippen LogP contribution is -2.33. The normalized spacial score (nSPS) is 16.2. The van der Waals surface area contributed by atoms with Crippen LogP contribution in [0.15, 0.2) is 0 Å². The molecule has 1 unspecified atom stereocenters. The van der Waals surface area contributed by atoms with Gasteiger partial charge < -0.3 is 20.4 Å². The van der Waals surface area contributed by atoms with E-state index in [4.69, 9.17) is 15.3 Å². The van der Waals surface area contributed by atoms with E-state index < -0.39 is 48.7 Å². The SMILES string of the molecule is C[C@H](O)C(O)C[C@H](O)C(=O)CC(=O)C(=O)O. The zero-order valence-electron chi connectivity index (χ0n) is 8.66. The van der Waals surface area contributed by atoms with Crippen LogP contribution in [0.5, 0.6) is 0 Å². The maximum absolute atomic E-state index is 11.1. The fraction of sp³-hybridized carbons (Fsp3) is 0.667. The number of aliphatic hydroxyl groups excluding tert-OH is 3. The number of aliphatic carboxylic acids is 1. The first-order valence-electron chi connectivity index (χ1n) is 4.58. The molecule has 4 N–H and O–H groups in total. The van der Waals surface area contributed by atoms with Crippen LogP contribution in [0.4, 0.5) is 0 Å². The zero-order chi connectivity index (χ0) is 12.9. The summed E-state index contributed by atoms with van der Waals surface area (Å²) in [6.07, 6.45) is -5.46. The monoisotopic (exact) mass is 234 g/mol. The van der Waals surface area contributed by atoms with E-state index in [9.17, 15) is 19.5 Å². The molecule has 0 aliphatic rings. The van der Waals surface area contributed by atoms with Crippen molar-refractivity contribution < 1.29 is 34.8 Å². The molecule has 0 amide bonds. The van der Waals surface area contributed by atoms with Gasteiger partial charge in [0, 0.05) is 6.42 Å². The molecule has 0 heterocycles. The van der Waals surface area contributed by atoms with Gasteiger partial charge in [-0.1, -0.05) is 0 Å². The van der Waals surface area contributed by atoms with Crippen molar-refractivity contribution in [3.63, 3.8) is 0 Å². The fourth-order valence-electron chi connectivity index (χ4n) is 0.909. The highest BCUT2D eigenvalue weighted by atomic mass is 16.4. The quantitative estimate of drug-likeness (QED) is 0.298. The number of hydrogen-bond acceptors (Lipinski definition) is 6. The number of carbonyl (C=O) groups excluding carboxylic acids is 2. The van der Waals surface area contributed by atoms with Crippen molar-refractivity contribution in [3.8, 4) is 0 Å². The number of carboxylic acids is 1. The predicted molar refractivity (Wildman–Crippen MR) is 50.6 cm³/mol. The molecule has 16 heavy (non-hydrogen) atoms. The van der Waals surface area contributed by atoms with Crippen molar-refractivity contribution in [2.45, 2.75) is 38.1 Å². The Labute approximate surface area is 91.3 Å². The molecule has 7 heteroatoms. The number of hydrogen-bond donors (Lipinski definition) is 4. The standard InChI is InChI=1S/C9H14O7/c1-4(10)5(11)2-6(12)7(13)3-8(14)9(15)16/h4-6,10-12H,2-3H2,1H3,(H,15,16)/t4-,5?,6-/m0/s1. The average molecular weight is 234 g/mol. The molecule has 0 saturated carbocycles. The van der Waals surface area contributed by atoms with Crippen LogP contribution in [0.3, 0.4) is 0 Å². The molecule has 0 saturated heterocycles. The van der Waals surface area contributed by atoms with Crippen LogP contribution < -0.4 is 0 Å². The van der Waals surface area contributed by atoms with Gasteiger partial charge in [0.1, 0.15) is 6.10 Å². The number of ketones is 2. The molecule has 0 aliphatic heterocycles. The van der Waals surface area contributed by atoms with Gasteiger partial charge in [-0.15, -0.1) is 0 Å². The smallest absolute Gasteiger partial charge is 0.372 e. The number of carboxylic acid groups (broad SMARTS) is 1. The van der Waals surface area contributed by atoms with E-state index in [1.54, 1.807) is 0 Å². The molecule has 0 bridgehead atoms. The summed E-state index contributed by atoms with van der Waals surface area (Å²) in [7, 11) is 0. The van der Waals surface area contributed by atoms with Gasteiger partial charge in [-0.3, -0.25) is 9.59 Å². The Morgan fingerprint density at radius 3 is 2.00 bits per heavy atom. The molecular formula is C9H14O7. The van der Waals surface area contributed by atoms with Gasteiger partial charge >= 0.3 is 5.97 Å². The lowest BCUT2D eigenvalue weighted by Gasteiger charge is -2.16. The third-order valence-corrected chi connectivity index (χ3v) is 1.97. The molecule has 0 spiro atoms. The molecule has 0 radical (unpaired) electrons. The Morgan fingerprint density at radius 2 is 1.62 bits per heavy atom. The molecule has 0 rings (SSSR count).